The van der Waals surface area contributed by atoms with Gasteiger partial charge in [-0.05, 0) is 124 Å². The molecule has 0 saturated heterocycles. The molecule has 0 spiro atoms. The van der Waals surface area contributed by atoms with E-state index in [9.17, 15) is 0 Å². The first-order chi connectivity index (χ1) is 30.7. The van der Waals surface area contributed by atoms with E-state index in [1.165, 1.54) is 76.8 Å². The van der Waals surface area contributed by atoms with Crippen molar-refractivity contribution in [2.24, 2.45) is 0 Å². The Morgan fingerprint density at radius 3 is 1.03 bits per heavy atom. The van der Waals surface area contributed by atoms with Crippen LogP contribution in [0.25, 0.3) is 143 Å². The van der Waals surface area contributed by atoms with Crippen LogP contribution in [0.2, 0.25) is 0 Å². The van der Waals surface area contributed by atoms with E-state index in [4.69, 9.17) is 8.83 Å². The number of benzene rings is 11. The summed E-state index contributed by atoms with van der Waals surface area (Å²) in [5, 5.41) is 12.1. The minimum Gasteiger partial charge on any atom is -0.455 e. The molecule has 13 aromatic rings. The summed E-state index contributed by atoms with van der Waals surface area (Å²) >= 11 is 0. The van der Waals surface area contributed by atoms with Gasteiger partial charge in [-0.3, -0.25) is 0 Å². The number of para-hydroxylation sites is 4. The minimum absolute atomic E-state index is 0.898. The Hall–Kier alpha value is -8.20. The Labute approximate surface area is 356 Å². The van der Waals surface area contributed by atoms with Gasteiger partial charge in [-0.15, -0.1) is 0 Å². The highest BCUT2D eigenvalue weighted by Crippen LogP contribution is 2.52. The quantitative estimate of drug-likeness (QED) is 0.163. The highest BCUT2D eigenvalue weighted by atomic mass is 16.3. The van der Waals surface area contributed by atoms with E-state index in [-0.39, 0.29) is 0 Å². The summed E-state index contributed by atoms with van der Waals surface area (Å²) in [4.78, 5) is 0. The van der Waals surface area contributed by atoms with Gasteiger partial charge in [0.1, 0.15) is 22.3 Å². The first-order valence-corrected chi connectivity index (χ1v) is 21.3. The van der Waals surface area contributed by atoms with Crippen molar-refractivity contribution >= 4 is 76.2 Å². The molecule has 0 amide bonds. The van der Waals surface area contributed by atoms with Crippen LogP contribution in [-0.2, 0) is 0 Å². The van der Waals surface area contributed by atoms with Gasteiger partial charge in [-0.1, -0.05) is 170 Å². The molecule has 11 aromatic carbocycles. The Balaban J connectivity index is 1.11. The van der Waals surface area contributed by atoms with E-state index in [1.807, 2.05) is 12.1 Å². The Kier molecular flexibility index (Phi) is 6.86. The molecule has 0 N–H and O–H groups in total. The Morgan fingerprint density at radius 1 is 0.194 bits per heavy atom. The van der Waals surface area contributed by atoms with Gasteiger partial charge >= 0.3 is 0 Å². The van der Waals surface area contributed by atoms with Gasteiger partial charge in [0.2, 0.25) is 0 Å². The molecule has 2 heteroatoms. The number of hydrogen-bond acceptors (Lipinski definition) is 2. The number of furan rings is 2. The zero-order chi connectivity index (χ0) is 40.5. The molecule has 2 heterocycles. The van der Waals surface area contributed by atoms with Crippen molar-refractivity contribution in [1.82, 2.24) is 0 Å². The second kappa shape index (κ2) is 12.7. The van der Waals surface area contributed by atoms with Crippen molar-refractivity contribution in [2.45, 2.75) is 0 Å². The van der Waals surface area contributed by atoms with Crippen molar-refractivity contribution in [3.8, 4) is 66.8 Å². The highest BCUT2D eigenvalue weighted by molar-refractivity contribution is 6.27. The van der Waals surface area contributed by atoms with Gasteiger partial charge in [-0.25, -0.2) is 0 Å². The molecular formula is C60H34O2. The normalized spacial score (nSPS) is 12.2. The largest absolute Gasteiger partial charge is 0.455 e. The van der Waals surface area contributed by atoms with Crippen LogP contribution < -0.4 is 0 Å². The van der Waals surface area contributed by atoms with Crippen LogP contribution in [0.1, 0.15) is 0 Å². The lowest BCUT2D eigenvalue weighted by Crippen LogP contribution is -1.99. The lowest BCUT2D eigenvalue weighted by molar-refractivity contribution is 0.669. The second-order valence-corrected chi connectivity index (χ2v) is 16.7. The Morgan fingerprint density at radius 2 is 0.516 bits per heavy atom. The number of rotatable bonds is 2. The van der Waals surface area contributed by atoms with E-state index >= 15 is 0 Å². The van der Waals surface area contributed by atoms with Crippen molar-refractivity contribution in [1.29, 1.82) is 0 Å². The predicted molar refractivity (Wildman–Crippen MR) is 260 cm³/mol. The number of fused-ring (bicyclic) bond motifs is 20. The summed E-state index contributed by atoms with van der Waals surface area (Å²) in [6.45, 7) is 0. The van der Waals surface area contributed by atoms with Crippen molar-refractivity contribution in [3.05, 3.63) is 206 Å². The van der Waals surface area contributed by atoms with Gasteiger partial charge in [-0.2, -0.15) is 0 Å². The summed E-state index contributed by atoms with van der Waals surface area (Å²) in [6, 6.07) is 75.4. The average molecular weight is 787 g/mol. The zero-order valence-corrected chi connectivity index (χ0v) is 33.4. The SMILES string of the molecule is c1ccc2c(c1)-c1ccc(-c3cccc4c3oc3ccccc34)cc1-c1ccc(-c3cccc4c3oc3ccccc34)cc1-c1cc3c4ccccc4c4ccccc4c3cc1-2. The van der Waals surface area contributed by atoms with Crippen LogP contribution in [0.15, 0.2) is 215 Å². The van der Waals surface area contributed by atoms with E-state index < -0.39 is 0 Å². The minimum atomic E-state index is 0.898. The third-order valence-electron chi connectivity index (χ3n) is 13.4. The van der Waals surface area contributed by atoms with Crippen LogP contribution in [0.3, 0.4) is 0 Å². The van der Waals surface area contributed by atoms with Gasteiger partial charge < -0.3 is 8.83 Å². The molecule has 0 fully saturated rings. The molecule has 2 nitrogen and oxygen atoms in total. The maximum atomic E-state index is 6.66. The summed E-state index contributed by atoms with van der Waals surface area (Å²) in [5.41, 5.74) is 17.6. The van der Waals surface area contributed by atoms with Crippen LogP contribution >= 0.6 is 0 Å². The first kappa shape index (κ1) is 33.6. The fraction of sp³-hybridized carbons (Fsp3) is 0. The summed E-state index contributed by atoms with van der Waals surface area (Å²) in [6.07, 6.45) is 0. The zero-order valence-electron chi connectivity index (χ0n) is 33.4. The topological polar surface area (TPSA) is 26.3 Å². The molecular weight excluding hydrogens is 753 g/mol. The fourth-order valence-corrected chi connectivity index (χ4v) is 10.6. The van der Waals surface area contributed by atoms with Gasteiger partial charge in [0.15, 0.2) is 0 Å². The van der Waals surface area contributed by atoms with E-state index in [1.54, 1.807) is 0 Å². The third kappa shape index (κ3) is 4.69. The second-order valence-electron chi connectivity index (χ2n) is 16.7. The smallest absolute Gasteiger partial charge is 0.143 e. The molecule has 2 aromatic heterocycles. The summed E-state index contributed by atoms with van der Waals surface area (Å²) < 4.78 is 13.3. The molecule has 1 aliphatic rings. The van der Waals surface area contributed by atoms with Crippen molar-refractivity contribution in [3.63, 3.8) is 0 Å². The summed E-state index contributed by atoms with van der Waals surface area (Å²) in [5.74, 6) is 0. The molecule has 0 radical (unpaired) electrons. The molecule has 0 bridgehead atoms. The Bertz CT molecular complexity index is 4050. The summed E-state index contributed by atoms with van der Waals surface area (Å²) in [7, 11) is 0. The van der Waals surface area contributed by atoms with Crippen LogP contribution in [0, 0.1) is 0 Å². The van der Waals surface area contributed by atoms with E-state index in [0.717, 1.165) is 66.1 Å². The predicted octanol–water partition coefficient (Wildman–Crippen LogP) is 17.3. The van der Waals surface area contributed by atoms with Gasteiger partial charge in [0, 0.05) is 32.7 Å². The molecule has 62 heavy (non-hydrogen) atoms. The average Bonchev–Trinajstić information content (AvgIpc) is 3.92. The lowest BCUT2D eigenvalue weighted by atomic mass is 9.78. The van der Waals surface area contributed by atoms with E-state index in [2.05, 4.69) is 194 Å². The van der Waals surface area contributed by atoms with Crippen molar-refractivity contribution < 1.29 is 8.83 Å². The van der Waals surface area contributed by atoms with Crippen LogP contribution in [0.4, 0.5) is 0 Å². The molecule has 0 saturated carbocycles. The van der Waals surface area contributed by atoms with Crippen LogP contribution in [-0.4, -0.2) is 0 Å². The molecule has 0 unspecified atom stereocenters. The molecule has 0 atom stereocenters. The maximum Gasteiger partial charge on any atom is 0.143 e. The van der Waals surface area contributed by atoms with Crippen molar-refractivity contribution in [2.75, 3.05) is 0 Å². The van der Waals surface area contributed by atoms with Crippen LogP contribution in [0.5, 0.6) is 0 Å². The molecule has 0 aliphatic heterocycles. The number of hydrogen-bond donors (Lipinski definition) is 0. The van der Waals surface area contributed by atoms with Gasteiger partial charge in [0.25, 0.3) is 0 Å². The molecule has 286 valence electrons. The van der Waals surface area contributed by atoms with E-state index in [0.29, 0.717) is 0 Å². The maximum absolute atomic E-state index is 6.66. The lowest BCUT2D eigenvalue weighted by Gasteiger charge is -2.25. The van der Waals surface area contributed by atoms with Gasteiger partial charge in [0.05, 0.1) is 0 Å². The molecule has 14 rings (SSSR count). The molecule has 1 aliphatic carbocycles. The monoisotopic (exact) mass is 786 g/mol. The highest BCUT2D eigenvalue weighted by Gasteiger charge is 2.26. The fourth-order valence-electron chi connectivity index (χ4n) is 10.6. The first-order valence-electron chi connectivity index (χ1n) is 21.3. The third-order valence-corrected chi connectivity index (χ3v) is 13.4. The standard InChI is InChI=1S/C60H34O2/c1-4-16-42-39(13-1)40-14-2-5-17-43(40)54-34-56-52-32-36(38-22-12-24-50-48-20-8-10-26-58(48)62-60(38)50)28-30-46(52)51-31-35(37-21-11-23-49-47-19-7-9-25-57(47)61-59(37)49)27-29-45(51)41-15-3-6-18-44(41)55(56)33-53(42)54/h1-34H.